The summed E-state index contributed by atoms with van der Waals surface area (Å²) in [5.41, 5.74) is 3.26. The molecule has 0 saturated heterocycles. The van der Waals surface area contributed by atoms with Crippen LogP contribution in [0.2, 0.25) is 0 Å². The van der Waals surface area contributed by atoms with Crippen LogP contribution in [0.4, 0.5) is 0 Å². The summed E-state index contributed by atoms with van der Waals surface area (Å²) in [5, 5.41) is 0. The lowest BCUT2D eigenvalue weighted by Crippen LogP contribution is -2.12. The monoisotopic (exact) mass is 281 g/mol. The molecule has 1 heterocycles. The molecule has 0 radical (unpaired) electrons. The Labute approximate surface area is 129 Å². The van der Waals surface area contributed by atoms with Crippen molar-refractivity contribution in [3.8, 4) is 0 Å². The minimum absolute atomic E-state index is 0.441. The van der Waals surface area contributed by atoms with Gasteiger partial charge in [-0.15, -0.1) is 0 Å². The number of pyridine rings is 1. The minimum Gasteiger partial charge on any atom is -0.264 e. The van der Waals surface area contributed by atoms with E-state index in [1.165, 1.54) is 43.2 Å². The van der Waals surface area contributed by atoms with Crippen LogP contribution in [0.3, 0.4) is 0 Å². The molecule has 0 amide bonds. The number of aromatic nitrogens is 1. The lowest BCUT2D eigenvalue weighted by molar-refractivity contribution is 0.291. The van der Waals surface area contributed by atoms with Crippen LogP contribution < -0.4 is 0 Å². The number of benzene rings is 1. The average molecular weight is 281 g/mol. The third-order valence-corrected chi connectivity index (χ3v) is 4.20. The van der Waals surface area contributed by atoms with Crippen molar-refractivity contribution in [2.75, 3.05) is 0 Å². The molecule has 1 aromatic heterocycles. The van der Waals surface area contributed by atoms with Gasteiger partial charge in [-0.25, -0.2) is 0 Å². The van der Waals surface area contributed by atoms with E-state index in [0.717, 1.165) is 6.42 Å². The zero-order chi connectivity index (χ0) is 15.0. The van der Waals surface area contributed by atoms with Crippen molar-refractivity contribution < 1.29 is 0 Å². The molecule has 21 heavy (non-hydrogen) atoms. The van der Waals surface area contributed by atoms with Gasteiger partial charge in [0.2, 0.25) is 0 Å². The molecule has 0 aliphatic rings. The first-order valence-corrected chi connectivity index (χ1v) is 8.09. The zero-order valence-electron chi connectivity index (χ0n) is 13.4. The van der Waals surface area contributed by atoms with Crippen molar-refractivity contribution in [3.63, 3.8) is 0 Å². The van der Waals surface area contributed by atoms with Gasteiger partial charge in [0.1, 0.15) is 0 Å². The summed E-state index contributed by atoms with van der Waals surface area (Å²) < 4.78 is 0. The van der Waals surface area contributed by atoms with Crippen molar-refractivity contribution in [2.24, 2.45) is 5.41 Å². The Hall–Kier alpha value is -1.63. The van der Waals surface area contributed by atoms with E-state index in [9.17, 15) is 0 Å². The fraction of sp³-hybridized carbons (Fsp3) is 0.450. The van der Waals surface area contributed by atoms with E-state index in [0.29, 0.717) is 5.41 Å². The van der Waals surface area contributed by atoms with Gasteiger partial charge in [-0.05, 0) is 61.1 Å². The number of rotatable bonds is 8. The molecular formula is C20H27N. The Kier molecular flexibility index (Phi) is 5.98. The van der Waals surface area contributed by atoms with Crippen LogP contribution >= 0.6 is 0 Å². The summed E-state index contributed by atoms with van der Waals surface area (Å²) in [6.45, 7) is 4.81. The Morgan fingerprint density at radius 2 is 1.43 bits per heavy atom. The molecule has 0 saturated carbocycles. The topological polar surface area (TPSA) is 12.9 Å². The van der Waals surface area contributed by atoms with Gasteiger partial charge in [-0.1, -0.05) is 50.2 Å². The van der Waals surface area contributed by atoms with Gasteiger partial charge in [-0.2, -0.15) is 0 Å². The van der Waals surface area contributed by atoms with Crippen LogP contribution in [-0.4, -0.2) is 4.98 Å². The molecule has 2 rings (SSSR count). The largest absolute Gasteiger partial charge is 0.264 e. The summed E-state index contributed by atoms with van der Waals surface area (Å²) in [4.78, 5) is 4.18. The molecule has 0 unspecified atom stereocenters. The second-order valence-electron chi connectivity index (χ2n) is 6.72. The predicted octanol–water partition coefficient (Wildman–Crippen LogP) is 5.45. The summed E-state index contributed by atoms with van der Waals surface area (Å²) in [5.74, 6) is 0. The van der Waals surface area contributed by atoms with E-state index in [4.69, 9.17) is 0 Å². The average Bonchev–Trinajstić information content (AvgIpc) is 2.49. The number of nitrogens with zero attached hydrogens (tertiary/aromatic N) is 1. The van der Waals surface area contributed by atoms with Crippen molar-refractivity contribution in [1.82, 2.24) is 4.98 Å². The van der Waals surface area contributed by atoms with Gasteiger partial charge in [-0.3, -0.25) is 4.98 Å². The third-order valence-electron chi connectivity index (χ3n) is 4.20. The van der Waals surface area contributed by atoms with E-state index in [-0.39, 0.29) is 0 Å². The molecule has 0 bridgehead atoms. The highest BCUT2D eigenvalue weighted by atomic mass is 14.6. The third kappa shape index (κ3) is 6.12. The molecule has 0 atom stereocenters. The second kappa shape index (κ2) is 7.97. The summed E-state index contributed by atoms with van der Waals surface area (Å²) >= 11 is 0. The first-order chi connectivity index (χ1) is 10.2. The highest BCUT2D eigenvalue weighted by Gasteiger charge is 2.16. The first-order valence-electron chi connectivity index (χ1n) is 8.09. The summed E-state index contributed by atoms with van der Waals surface area (Å²) in [6.07, 6.45) is 11.3. The molecular weight excluding hydrogens is 254 g/mol. The molecule has 0 spiro atoms. The van der Waals surface area contributed by atoms with Crippen LogP contribution in [0.1, 0.15) is 50.7 Å². The van der Waals surface area contributed by atoms with Gasteiger partial charge in [0.25, 0.3) is 0 Å². The SMILES string of the molecule is CC(C)(CCCc1ccccc1)CCCc1cccnc1. The Morgan fingerprint density at radius 1 is 0.810 bits per heavy atom. The highest BCUT2D eigenvalue weighted by Crippen LogP contribution is 2.29. The van der Waals surface area contributed by atoms with Crippen LogP contribution in [0, 0.1) is 5.41 Å². The number of hydrogen-bond donors (Lipinski definition) is 0. The van der Waals surface area contributed by atoms with E-state index >= 15 is 0 Å². The quantitative estimate of drug-likeness (QED) is 0.626. The summed E-state index contributed by atoms with van der Waals surface area (Å²) in [6, 6.07) is 15.0. The Morgan fingerprint density at radius 3 is 2.05 bits per heavy atom. The van der Waals surface area contributed by atoms with Gasteiger partial charge in [0.15, 0.2) is 0 Å². The summed E-state index contributed by atoms with van der Waals surface area (Å²) in [7, 11) is 0. The lowest BCUT2D eigenvalue weighted by Gasteiger charge is -2.24. The minimum atomic E-state index is 0.441. The maximum absolute atomic E-state index is 4.18. The van der Waals surface area contributed by atoms with Gasteiger partial charge < -0.3 is 0 Å². The second-order valence-corrected chi connectivity index (χ2v) is 6.72. The molecule has 0 aliphatic heterocycles. The Balaban J connectivity index is 1.67. The molecule has 0 aliphatic carbocycles. The molecule has 0 N–H and O–H groups in total. The number of hydrogen-bond acceptors (Lipinski definition) is 1. The normalized spacial score (nSPS) is 11.5. The maximum Gasteiger partial charge on any atom is 0.0299 e. The van der Waals surface area contributed by atoms with Crippen molar-refractivity contribution >= 4 is 0 Å². The van der Waals surface area contributed by atoms with E-state index < -0.39 is 0 Å². The van der Waals surface area contributed by atoms with Crippen molar-refractivity contribution in [3.05, 3.63) is 66.0 Å². The van der Waals surface area contributed by atoms with Gasteiger partial charge in [0, 0.05) is 12.4 Å². The van der Waals surface area contributed by atoms with E-state index in [2.05, 4.69) is 55.2 Å². The van der Waals surface area contributed by atoms with E-state index in [1.54, 1.807) is 0 Å². The number of aryl methyl sites for hydroxylation is 2. The lowest BCUT2D eigenvalue weighted by atomic mass is 9.81. The fourth-order valence-electron chi connectivity index (χ4n) is 2.86. The molecule has 1 heteroatoms. The molecule has 2 aromatic rings. The molecule has 1 aromatic carbocycles. The van der Waals surface area contributed by atoms with Gasteiger partial charge in [0.05, 0.1) is 0 Å². The van der Waals surface area contributed by atoms with Crippen LogP contribution in [-0.2, 0) is 12.8 Å². The first kappa shape index (κ1) is 15.8. The molecule has 0 fully saturated rings. The molecule has 1 nitrogen and oxygen atoms in total. The Bertz CT molecular complexity index is 454. The van der Waals surface area contributed by atoms with Crippen molar-refractivity contribution in [2.45, 2.75) is 52.4 Å². The standard InChI is InChI=1S/C20H27N/c1-20(2,14-6-11-18-9-4-3-5-10-18)15-7-12-19-13-8-16-21-17-19/h3-5,8-10,13,16-17H,6-7,11-12,14-15H2,1-2H3. The van der Waals surface area contributed by atoms with Crippen LogP contribution in [0.5, 0.6) is 0 Å². The van der Waals surface area contributed by atoms with Crippen molar-refractivity contribution in [1.29, 1.82) is 0 Å². The zero-order valence-corrected chi connectivity index (χ0v) is 13.4. The van der Waals surface area contributed by atoms with Crippen LogP contribution in [0.25, 0.3) is 0 Å². The van der Waals surface area contributed by atoms with Crippen LogP contribution in [0.15, 0.2) is 54.9 Å². The highest BCUT2D eigenvalue weighted by molar-refractivity contribution is 5.14. The maximum atomic E-state index is 4.18. The van der Waals surface area contributed by atoms with E-state index in [1.807, 2.05) is 18.5 Å². The van der Waals surface area contributed by atoms with Gasteiger partial charge >= 0.3 is 0 Å². The molecule has 112 valence electrons. The predicted molar refractivity (Wildman–Crippen MR) is 90.3 cm³/mol. The smallest absolute Gasteiger partial charge is 0.0299 e. The fourth-order valence-corrected chi connectivity index (χ4v) is 2.86.